The van der Waals surface area contributed by atoms with E-state index in [-0.39, 0.29) is 25.1 Å². The van der Waals surface area contributed by atoms with E-state index in [1.165, 1.54) is 0 Å². The molecule has 0 heterocycles. The molecule has 2 aromatic carbocycles. The largest absolute Gasteiger partial charge is 0.492 e. The maximum atomic E-state index is 10.4. The monoisotopic (exact) mass is 337 g/mol. The average molecular weight is 338 g/mol. The van der Waals surface area contributed by atoms with Gasteiger partial charge in [-0.2, -0.15) is 0 Å². The topological polar surface area (TPSA) is 61.7 Å². The highest BCUT2D eigenvalue weighted by Gasteiger charge is 2.21. The van der Waals surface area contributed by atoms with Gasteiger partial charge in [-0.05, 0) is 24.6 Å². The maximum Gasteiger partial charge on any atom is 0.119 e. The fourth-order valence-electron chi connectivity index (χ4n) is 2.28. The van der Waals surface area contributed by atoms with Gasteiger partial charge in [0.15, 0.2) is 0 Å². The van der Waals surface area contributed by atoms with Gasteiger partial charge >= 0.3 is 0 Å². The van der Waals surface area contributed by atoms with Crippen molar-refractivity contribution in [3.05, 3.63) is 66.2 Å². The van der Waals surface area contributed by atoms with Gasteiger partial charge in [-0.1, -0.05) is 48.5 Å². The molecule has 5 heteroatoms. The first-order chi connectivity index (χ1) is 10.7. The molecule has 0 saturated carbocycles. The zero-order chi connectivity index (χ0) is 15.8. The van der Waals surface area contributed by atoms with Crippen LogP contribution in [0.4, 0.5) is 0 Å². The Balaban J connectivity index is 0.00000264. The number of ether oxygens (including phenoxy) is 1. The van der Waals surface area contributed by atoms with Crippen LogP contribution in [0.3, 0.4) is 0 Å². The van der Waals surface area contributed by atoms with Crippen molar-refractivity contribution in [3.63, 3.8) is 0 Å². The quantitative estimate of drug-likeness (QED) is 0.693. The van der Waals surface area contributed by atoms with Crippen molar-refractivity contribution in [2.75, 3.05) is 13.2 Å². The van der Waals surface area contributed by atoms with Crippen LogP contribution in [-0.2, 0) is 0 Å². The molecule has 0 aliphatic carbocycles. The summed E-state index contributed by atoms with van der Waals surface area (Å²) in [6.45, 7) is 2.27. The molecular formula is C18H24ClNO3. The summed E-state index contributed by atoms with van der Waals surface area (Å²) < 4.78 is 5.67. The van der Waals surface area contributed by atoms with E-state index in [0.717, 1.165) is 11.3 Å². The molecule has 2 aromatic rings. The summed E-state index contributed by atoms with van der Waals surface area (Å²) in [5.41, 5.74) is 0.783. The number of para-hydroxylation sites is 1. The SMILES string of the molecule is CC(COc1ccccc1)NC(CO)C(O)c1ccccc1.Cl. The molecule has 0 aliphatic heterocycles. The first kappa shape index (κ1) is 19.5. The molecule has 126 valence electrons. The number of rotatable bonds is 8. The van der Waals surface area contributed by atoms with Crippen molar-refractivity contribution in [1.29, 1.82) is 0 Å². The Bertz CT molecular complexity index is 538. The summed E-state index contributed by atoms with van der Waals surface area (Å²) in [6.07, 6.45) is -0.759. The molecule has 0 bridgehead atoms. The fourth-order valence-corrected chi connectivity index (χ4v) is 2.28. The third-order valence-electron chi connectivity index (χ3n) is 3.46. The van der Waals surface area contributed by atoms with Crippen LogP contribution in [0.25, 0.3) is 0 Å². The van der Waals surface area contributed by atoms with Crippen molar-refractivity contribution in [2.45, 2.75) is 25.1 Å². The molecular weight excluding hydrogens is 314 g/mol. The van der Waals surface area contributed by atoms with Crippen LogP contribution in [0.2, 0.25) is 0 Å². The molecule has 3 N–H and O–H groups in total. The Morgan fingerprint density at radius 1 is 1.00 bits per heavy atom. The molecule has 0 radical (unpaired) electrons. The second kappa shape index (κ2) is 10.2. The van der Waals surface area contributed by atoms with Crippen molar-refractivity contribution in [3.8, 4) is 5.75 Å². The minimum Gasteiger partial charge on any atom is -0.492 e. The number of halogens is 1. The second-order valence-corrected chi connectivity index (χ2v) is 5.34. The molecule has 0 fully saturated rings. The highest BCUT2D eigenvalue weighted by Crippen LogP contribution is 2.17. The Kier molecular flexibility index (Phi) is 8.66. The van der Waals surface area contributed by atoms with E-state index >= 15 is 0 Å². The minimum atomic E-state index is -0.759. The van der Waals surface area contributed by atoms with E-state index in [0.29, 0.717) is 6.61 Å². The summed E-state index contributed by atoms with van der Waals surface area (Å²) in [5.74, 6) is 0.806. The first-order valence-corrected chi connectivity index (χ1v) is 7.48. The van der Waals surface area contributed by atoms with Crippen molar-refractivity contribution >= 4 is 12.4 Å². The van der Waals surface area contributed by atoms with Gasteiger partial charge in [0.05, 0.1) is 18.8 Å². The van der Waals surface area contributed by atoms with E-state index in [1.807, 2.05) is 67.6 Å². The normalized spacial score (nSPS) is 14.4. The summed E-state index contributed by atoms with van der Waals surface area (Å²) >= 11 is 0. The van der Waals surface area contributed by atoms with Gasteiger partial charge in [0.1, 0.15) is 12.4 Å². The van der Waals surface area contributed by atoms with E-state index in [2.05, 4.69) is 5.32 Å². The summed E-state index contributed by atoms with van der Waals surface area (Å²) in [7, 11) is 0. The van der Waals surface area contributed by atoms with Gasteiger partial charge in [0, 0.05) is 6.04 Å². The number of hydrogen-bond acceptors (Lipinski definition) is 4. The lowest BCUT2D eigenvalue weighted by molar-refractivity contribution is 0.0797. The average Bonchev–Trinajstić information content (AvgIpc) is 2.59. The van der Waals surface area contributed by atoms with Crippen LogP contribution in [0.1, 0.15) is 18.6 Å². The third-order valence-corrected chi connectivity index (χ3v) is 3.46. The van der Waals surface area contributed by atoms with Gasteiger partial charge < -0.3 is 20.3 Å². The Labute approximate surface area is 143 Å². The summed E-state index contributed by atoms with van der Waals surface area (Å²) in [4.78, 5) is 0. The zero-order valence-electron chi connectivity index (χ0n) is 13.1. The predicted octanol–water partition coefficient (Wildman–Crippen LogP) is 2.56. The van der Waals surface area contributed by atoms with Gasteiger partial charge in [-0.25, -0.2) is 0 Å². The van der Waals surface area contributed by atoms with E-state index in [1.54, 1.807) is 0 Å². The van der Waals surface area contributed by atoms with E-state index in [9.17, 15) is 10.2 Å². The van der Waals surface area contributed by atoms with Crippen molar-refractivity contribution in [2.24, 2.45) is 0 Å². The lowest BCUT2D eigenvalue weighted by atomic mass is 10.0. The van der Waals surface area contributed by atoms with E-state index < -0.39 is 12.1 Å². The number of aliphatic hydroxyl groups is 2. The molecule has 4 nitrogen and oxygen atoms in total. The molecule has 3 atom stereocenters. The number of hydrogen-bond donors (Lipinski definition) is 3. The molecule has 23 heavy (non-hydrogen) atoms. The van der Waals surface area contributed by atoms with Crippen LogP contribution < -0.4 is 10.1 Å². The lowest BCUT2D eigenvalue weighted by Crippen LogP contribution is -2.45. The molecule has 0 saturated heterocycles. The Morgan fingerprint density at radius 2 is 1.57 bits per heavy atom. The number of aliphatic hydroxyl groups excluding tert-OH is 2. The number of nitrogens with one attached hydrogen (secondary N) is 1. The highest BCUT2D eigenvalue weighted by atomic mass is 35.5. The van der Waals surface area contributed by atoms with Gasteiger partial charge in [-0.3, -0.25) is 0 Å². The lowest BCUT2D eigenvalue weighted by Gasteiger charge is -2.26. The second-order valence-electron chi connectivity index (χ2n) is 5.34. The molecule has 3 unspecified atom stereocenters. The fraction of sp³-hybridized carbons (Fsp3) is 0.333. The van der Waals surface area contributed by atoms with Gasteiger partial charge in [0.2, 0.25) is 0 Å². The van der Waals surface area contributed by atoms with Crippen LogP contribution >= 0.6 is 12.4 Å². The smallest absolute Gasteiger partial charge is 0.119 e. The van der Waals surface area contributed by atoms with Gasteiger partial charge in [-0.15, -0.1) is 12.4 Å². The minimum absolute atomic E-state index is 0. The molecule has 2 rings (SSSR count). The zero-order valence-corrected chi connectivity index (χ0v) is 13.9. The highest BCUT2D eigenvalue weighted by molar-refractivity contribution is 5.85. The summed E-state index contributed by atoms with van der Waals surface area (Å²) in [6, 6.07) is 18.5. The predicted molar refractivity (Wildman–Crippen MR) is 94.1 cm³/mol. The molecule has 0 aromatic heterocycles. The first-order valence-electron chi connectivity index (χ1n) is 7.48. The van der Waals surface area contributed by atoms with Crippen LogP contribution in [0, 0.1) is 0 Å². The maximum absolute atomic E-state index is 10.4. The molecule has 0 amide bonds. The van der Waals surface area contributed by atoms with E-state index in [4.69, 9.17) is 4.74 Å². The molecule has 0 aliphatic rings. The van der Waals surface area contributed by atoms with Crippen LogP contribution in [0.15, 0.2) is 60.7 Å². The Hall–Kier alpha value is -1.59. The van der Waals surface area contributed by atoms with Crippen LogP contribution in [-0.4, -0.2) is 35.5 Å². The van der Waals surface area contributed by atoms with Crippen LogP contribution in [0.5, 0.6) is 5.75 Å². The standard InChI is InChI=1S/C18H23NO3.ClH/c1-14(13-22-16-10-6-3-7-11-16)19-17(12-20)18(21)15-8-4-2-5-9-15;/h2-11,14,17-21H,12-13H2,1H3;1H. The van der Waals surface area contributed by atoms with Crippen molar-refractivity contribution < 1.29 is 14.9 Å². The number of benzene rings is 2. The van der Waals surface area contributed by atoms with Gasteiger partial charge in [0.25, 0.3) is 0 Å². The van der Waals surface area contributed by atoms with Crippen molar-refractivity contribution in [1.82, 2.24) is 5.32 Å². The Morgan fingerprint density at radius 3 is 2.13 bits per heavy atom. The third kappa shape index (κ3) is 6.20. The summed E-state index contributed by atoms with van der Waals surface area (Å²) in [5, 5.41) is 23.1. The molecule has 0 spiro atoms.